The van der Waals surface area contributed by atoms with Gasteiger partial charge in [0.1, 0.15) is 0 Å². The molecule has 4 N–H and O–H groups in total. The van der Waals surface area contributed by atoms with Crippen LogP contribution in [0.2, 0.25) is 0 Å². The lowest BCUT2D eigenvalue weighted by molar-refractivity contribution is 0.251. The molecule has 0 atom stereocenters. The molecule has 0 unspecified atom stereocenters. The largest absolute Gasteiger partial charge is 0.345 e. The number of nitrogens with zero attached hydrogens (tertiary/aromatic N) is 1. The molecule has 0 spiro atoms. The van der Waals surface area contributed by atoms with Crippen molar-refractivity contribution in [2.75, 3.05) is 10.0 Å². The standard InChI is InChI=1S/C27H23N5O3S/c33-27(31-22-14-15-24-25(16-22)30-18-29-24)28-17-19-10-12-21(13-11-19)32-36(34,35)26-9-5-4-8-23(26)20-6-2-1-3-7-20/h1-16,18,32H,17H2,(H,29,30)(H2,28,31,33). The van der Waals surface area contributed by atoms with Gasteiger partial charge in [-0.25, -0.2) is 18.2 Å². The molecule has 8 nitrogen and oxygen atoms in total. The van der Waals surface area contributed by atoms with Crippen LogP contribution >= 0.6 is 0 Å². The third kappa shape index (κ3) is 5.21. The highest BCUT2D eigenvalue weighted by Gasteiger charge is 2.19. The molecule has 0 radical (unpaired) electrons. The number of nitrogens with one attached hydrogen (secondary N) is 4. The number of hydrogen-bond acceptors (Lipinski definition) is 4. The zero-order valence-corrected chi connectivity index (χ0v) is 19.9. The van der Waals surface area contributed by atoms with E-state index >= 15 is 0 Å². The number of carbonyl (C=O) groups excluding carboxylic acids is 1. The Balaban J connectivity index is 1.22. The smallest absolute Gasteiger partial charge is 0.319 e. The van der Waals surface area contributed by atoms with Gasteiger partial charge in [-0.15, -0.1) is 0 Å². The van der Waals surface area contributed by atoms with Gasteiger partial charge >= 0.3 is 6.03 Å². The van der Waals surface area contributed by atoms with E-state index in [2.05, 4.69) is 25.3 Å². The second-order valence-electron chi connectivity index (χ2n) is 8.11. The first kappa shape index (κ1) is 23.1. The third-order valence-corrected chi connectivity index (χ3v) is 7.04. The Labute approximate surface area is 208 Å². The van der Waals surface area contributed by atoms with Crippen molar-refractivity contribution < 1.29 is 13.2 Å². The van der Waals surface area contributed by atoms with Crippen molar-refractivity contribution >= 4 is 38.5 Å². The minimum Gasteiger partial charge on any atom is -0.345 e. The van der Waals surface area contributed by atoms with Crippen LogP contribution in [0.5, 0.6) is 0 Å². The summed E-state index contributed by atoms with van der Waals surface area (Å²) in [6.45, 7) is 0.280. The molecule has 1 heterocycles. The van der Waals surface area contributed by atoms with Gasteiger partial charge in [-0.3, -0.25) is 4.72 Å². The van der Waals surface area contributed by atoms with Gasteiger partial charge in [-0.2, -0.15) is 0 Å². The number of aromatic amines is 1. The molecule has 0 saturated heterocycles. The van der Waals surface area contributed by atoms with Crippen LogP contribution in [0.25, 0.3) is 22.2 Å². The van der Waals surface area contributed by atoms with Crippen molar-refractivity contribution in [2.24, 2.45) is 0 Å². The summed E-state index contributed by atoms with van der Waals surface area (Å²) in [5.74, 6) is 0. The molecule has 0 aliphatic carbocycles. The number of imidazole rings is 1. The number of aromatic nitrogens is 2. The van der Waals surface area contributed by atoms with Crippen LogP contribution in [0.3, 0.4) is 0 Å². The van der Waals surface area contributed by atoms with Gasteiger partial charge in [0.15, 0.2) is 0 Å². The number of sulfonamides is 1. The van der Waals surface area contributed by atoms with E-state index in [4.69, 9.17) is 0 Å². The predicted molar refractivity (Wildman–Crippen MR) is 141 cm³/mol. The van der Waals surface area contributed by atoms with Gasteiger partial charge in [-0.05, 0) is 47.5 Å². The molecule has 0 aliphatic rings. The topological polar surface area (TPSA) is 116 Å². The Morgan fingerprint density at radius 2 is 1.56 bits per heavy atom. The fourth-order valence-corrected chi connectivity index (χ4v) is 5.12. The van der Waals surface area contributed by atoms with Crippen LogP contribution < -0.4 is 15.4 Å². The maximum absolute atomic E-state index is 13.2. The Morgan fingerprint density at radius 1 is 0.833 bits per heavy atom. The van der Waals surface area contributed by atoms with Gasteiger partial charge in [0.25, 0.3) is 10.0 Å². The van der Waals surface area contributed by atoms with Crippen molar-refractivity contribution in [1.82, 2.24) is 15.3 Å². The van der Waals surface area contributed by atoms with Crippen molar-refractivity contribution in [3.05, 3.63) is 109 Å². The average molecular weight is 498 g/mol. The molecule has 0 fully saturated rings. The van der Waals surface area contributed by atoms with Gasteiger partial charge in [-0.1, -0.05) is 60.7 Å². The monoisotopic (exact) mass is 497 g/mol. The first-order valence-corrected chi connectivity index (χ1v) is 12.7. The Morgan fingerprint density at radius 3 is 2.36 bits per heavy atom. The second-order valence-corrected chi connectivity index (χ2v) is 9.76. The molecule has 5 aromatic rings. The lowest BCUT2D eigenvalue weighted by atomic mass is 10.1. The van der Waals surface area contributed by atoms with Crippen molar-refractivity contribution in [3.63, 3.8) is 0 Å². The lowest BCUT2D eigenvalue weighted by Gasteiger charge is -2.13. The van der Waals surface area contributed by atoms with Crippen molar-refractivity contribution in [1.29, 1.82) is 0 Å². The second kappa shape index (κ2) is 9.93. The van der Waals surface area contributed by atoms with Gasteiger partial charge in [0, 0.05) is 23.5 Å². The summed E-state index contributed by atoms with van der Waals surface area (Å²) in [6, 6.07) is 28.2. The third-order valence-electron chi connectivity index (χ3n) is 5.60. The van der Waals surface area contributed by atoms with Crippen LogP contribution in [0.4, 0.5) is 16.2 Å². The lowest BCUT2D eigenvalue weighted by Crippen LogP contribution is -2.28. The van der Waals surface area contributed by atoms with Crippen LogP contribution in [0, 0.1) is 0 Å². The molecular formula is C27H23N5O3S. The number of rotatable bonds is 7. The van der Waals surface area contributed by atoms with E-state index in [0.29, 0.717) is 16.9 Å². The number of H-pyrrole nitrogens is 1. The molecule has 36 heavy (non-hydrogen) atoms. The summed E-state index contributed by atoms with van der Waals surface area (Å²) in [7, 11) is -3.81. The highest BCUT2D eigenvalue weighted by molar-refractivity contribution is 7.92. The summed E-state index contributed by atoms with van der Waals surface area (Å²) in [5, 5.41) is 5.58. The summed E-state index contributed by atoms with van der Waals surface area (Å²) < 4.78 is 28.9. The SMILES string of the molecule is O=C(NCc1ccc(NS(=O)(=O)c2ccccc2-c2ccccc2)cc1)Nc1ccc2nc[nH]c2c1. The van der Waals surface area contributed by atoms with E-state index in [9.17, 15) is 13.2 Å². The number of urea groups is 1. The van der Waals surface area contributed by atoms with Gasteiger partial charge in [0.2, 0.25) is 0 Å². The number of benzene rings is 4. The maximum Gasteiger partial charge on any atom is 0.319 e. The van der Waals surface area contributed by atoms with Crippen molar-refractivity contribution in [2.45, 2.75) is 11.4 Å². The molecule has 0 bridgehead atoms. The van der Waals surface area contributed by atoms with Crippen LogP contribution in [0.1, 0.15) is 5.56 Å². The molecule has 5 rings (SSSR count). The Hall–Kier alpha value is -4.63. The summed E-state index contributed by atoms with van der Waals surface area (Å²) in [4.78, 5) is 19.6. The van der Waals surface area contributed by atoms with E-state index in [1.54, 1.807) is 60.9 Å². The molecular weight excluding hydrogens is 474 g/mol. The fraction of sp³-hybridized carbons (Fsp3) is 0.0370. The normalized spacial score (nSPS) is 11.2. The van der Waals surface area contributed by atoms with Gasteiger partial charge < -0.3 is 15.6 Å². The van der Waals surface area contributed by atoms with Gasteiger partial charge in [0.05, 0.1) is 22.3 Å². The molecule has 0 saturated carbocycles. The first-order valence-electron chi connectivity index (χ1n) is 11.2. The predicted octanol–water partition coefficient (Wildman–Crippen LogP) is 5.35. The van der Waals surface area contributed by atoms with E-state index < -0.39 is 10.0 Å². The van der Waals surface area contributed by atoms with Crippen LogP contribution in [-0.2, 0) is 16.6 Å². The zero-order valence-electron chi connectivity index (χ0n) is 19.1. The number of carbonyl (C=O) groups is 1. The summed E-state index contributed by atoms with van der Waals surface area (Å²) >= 11 is 0. The van der Waals surface area contributed by atoms with Crippen molar-refractivity contribution in [3.8, 4) is 11.1 Å². The first-order chi connectivity index (χ1) is 17.5. The van der Waals surface area contributed by atoms with Crippen LogP contribution in [0.15, 0.2) is 108 Å². The highest BCUT2D eigenvalue weighted by atomic mass is 32.2. The Bertz CT molecular complexity index is 1610. The maximum atomic E-state index is 13.2. The zero-order chi connectivity index (χ0) is 25.0. The number of anilines is 2. The van der Waals surface area contributed by atoms with E-state index in [1.807, 2.05) is 42.5 Å². The summed E-state index contributed by atoms with van der Waals surface area (Å²) in [5.41, 5.74) is 5.00. The molecule has 180 valence electrons. The number of fused-ring (bicyclic) bond motifs is 1. The van der Waals surface area contributed by atoms with E-state index in [-0.39, 0.29) is 17.5 Å². The number of amides is 2. The number of hydrogen-bond donors (Lipinski definition) is 4. The molecule has 4 aromatic carbocycles. The molecule has 0 aliphatic heterocycles. The highest BCUT2D eigenvalue weighted by Crippen LogP contribution is 2.28. The minimum absolute atomic E-state index is 0.201. The molecule has 2 amide bonds. The molecule has 1 aromatic heterocycles. The van der Waals surface area contributed by atoms with E-state index in [0.717, 1.165) is 22.2 Å². The van der Waals surface area contributed by atoms with E-state index in [1.165, 1.54) is 0 Å². The minimum atomic E-state index is -3.81. The quantitative estimate of drug-likeness (QED) is 0.242. The molecule has 9 heteroatoms. The fourth-order valence-electron chi connectivity index (χ4n) is 3.83. The van der Waals surface area contributed by atoms with Crippen LogP contribution in [-0.4, -0.2) is 24.4 Å². The Kier molecular flexibility index (Phi) is 6.38. The average Bonchev–Trinajstić information content (AvgIpc) is 3.37. The summed E-state index contributed by atoms with van der Waals surface area (Å²) in [6.07, 6.45) is 1.60.